The molecule has 0 saturated carbocycles. The Hall–Kier alpha value is -2.53. The van der Waals surface area contributed by atoms with Crippen LogP contribution in [0.25, 0.3) is 11.5 Å². The number of halogens is 1. The molecule has 35 heavy (non-hydrogen) atoms. The van der Waals surface area contributed by atoms with E-state index in [1.54, 1.807) is 6.07 Å². The minimum Gasteiger partial charge on any atom is -0.334 e. The van der Waals surface area contributed by atoms with Crippen LogP contribution in [-0.2, 0) is 19.4 Å². The van der Waals surface area contributed by atoms with Gasteiger partial charge in [-0.25, -0.2) is 4.39 Å². The van der Waals surface area contributed by atoms with Crippen LogP contribution < -0.4 is 4.90 Å². The van der Waals surface area contributed by atoms with Crippen LogP contribution in [0.5, 0.6) is 0 Å². The Kier molecular flexibility index (Phi) is 12.0. The monoisotopic (exact) mass is 479 g/mol. The molecule has 189 valence electrons. The van der Waals surface area contributed by atoms with Crippen LogP contribution in [0.15, 0.2) is 53.1 Å². The second-order valence-electron chi connectivity index (χ2n) is 9.50. The van der Waals surface area contributed by atoms with Gasteiger partial charge in [0, 0.05) is 24.0 Å². The Labute approximate surface area is 210 Å². The standard InChI is InChI=1S/C30H42FN3O/c1-3-5-6-7-8-9-10-11-12-17-29-32-30(35-33-29)27-20-18-25(19-21-27)24-34(4-2)23-22-26-15-13-14-16-28(26)31/h13-16,18-21H,3-12,17,22-24H2,1-2H3/q+1. The molecule has 2 aromatic carbocycles. The number of rotatable bonds is 17. The van der Waals surface area contributed by atoms with Crippen LogP contribution in [0.1, 0.15) is 88.6 Å². The third kappa shape index (κ3) is 9.56. The fourth-order valence-electron chi connectivity index (χ4n) is 4.41. The second-order valence-corrected chi connectivity index (χ2v) is 9.50. The number of unbranched alkanes of at least 4 members (excludes halogenated alkanes) is 8. The van der Waals surface area contributed by atoms with Crippen molar-refractivity contribution in [2.24, 2.45) is 0 Å². The highest BCUT2D eigenvalue weighted by atomic mass is 19.1. The molecule has 5 heteroatoms. The lowest BCUT2D eigenvalue weighted by atomic mass is 10.1. The predicted molar refractivity (Wildman–Crippen MR) is 142 cm³/mol. The van der Waals surface area contributed by atoms with Gasteiger partial charge in [-0.15, -0.1) is 0 Å². The molecule has 1 heterocycles. The van der Waals surface area contributed by atoms with Crippen LogP contribution >= 0.6 is 0 Å². The van der Waals surface area contributed by atoms with Crippen molar-refractivity contribution in [2.75, 3.05) is 13.1 Å². The van der Waals surface area contributed by atoms with Crippen molar-refractivity contribution in [1.29, 1.82) is 0 Å². The summed E-state index contributed by atoms with van der Waals surface area (Å²) in [7, 11) is 0. The number of likely N-dealkylation sites (N-methyl/N-ethyl adjacent to an activating group) is 1. The molecule has 0 spiro atoms. The molecule has 0 unspecified atom stereocenters. The highest BCUT2D eigenvalue weighted by molar-refractivity contribution is 5.53. The first kappa shape index (κ1) is 27.1. The lowest BCUT2D eigenvalue weighted by Gasteiger charge is -2.11. The van der Waals surface area contributed by atoms with E-state index in [0.717, 1.165) is 49.4 Å². The summed E-state index contributed by atoms with van der Waals surface area (Å²) in [6.45, 7) is 6.98. The molecule has 3 aromatic rings. The van der Waals surface area contributed by atoms with Crippen LogP contribution in [0, 0.1) is 5.82 Å². The predicted octanol–water partition coefficient (Wildman–Crippen LogP) is 7.85. The highest BCUT2D eigenvalue weighted by Gasteiger charge is 2.15. The van der Waals surface area contributed by atoms with Crippen molar-refractivity contribution in [3.8, 4) is 11.5 Å². The number of benzene rings is 2. The largest absolute Gasteiger partial charge is 0.334 e. The number of nitrogens with zero attached hydrogens (tertiary/aromatic N) is 3. The third-order valence-corrected chi connectivity index (χ3v) is 6.68. The number of hydrogen-bond donors (Lipinski definition) is 0. The zero-order valence-electron chi connectivity index (χ0n) is 21.6. The smallest absolute Gasteiger partial charge is 0.257 e. The summed E-state index contributed by atoms with van der Waals surface area (Å²) in [5, 5.41) is 4.18. The molecule has 0 aliphatic rings. The number of aromatic nitrogens is 2. The van der Waals surface area contributed by atoms with Crippen LogP contribution in [-0.4, -0.2) is 23.2 Å². The zero-order chi connectivity index (χ0) is 24.7. The van der Waals surface area contributed by atoms with Gasteiger partial charge in [-0.3, -0.25) is 0 Å². The van der Waals surface area contributed by atoms with Gasteiger partial charge in [0.1, 0.15) is 25.5 Å². The van der Waals surface area contributed by atoms with Crippen molar-refractivity contribution < 1.29 is 8.91 Å². The average Bonchev–Trinajstić information content (AvgIpc) is 3.36. The summed E-state index contributed by atoms with van der Waals surface area (Å²) in [5.74, 6) is 1.27. The van der Waals surface area contributed by atoms with E-state index in [-0.39, 0.29) is 5.82 Å². The molecule has 1 aromatic heterocycles. The first-order valence-corrected chi connectivity index (χ1v) is 13.6. The molecule has 3 rings (SSSR count). The molecule has 0 atom stereocenters. The fraction of sp³-hybridized carbons (Fsp3) is 0.533. The molecule has 1 radical (unpaired) electrons. The normalized spacial score (nSPS) is 11.4. The van der Waals surface area contributed by atoms with Gasteiger partial charge in [0.05, 0.1) is 0 Å². The van der Waals surface area contributed by atoms with Crippen LogP contribution in [0.4, 0.5) is 4.39 Å². The first-order valence-electron chi connectivity index (χ1n) is 13.6. The highest BCUT2D eigenvalue weighted by Crippen LogP contribution is 2.19. The zero-order valence-corrected chi connectivity index (χ0v) is 21.6. The maximum absolute atomic E-state index is 13.9. The summed E-state index contributed by atoms with van der Waals surface area (Å²) in [5.41, 5.74) is 2.95. The van der Waals surface area contributed by atoms with Crippen molar-refractivity contribution >= 4 is 0 Å². The Morgan fingerprint density at radius 1 is 0.800 bits per heavy atom. The van der Waals surface area contributed by atoms with Gasteiger partial charge in [-0.1, -0.05) is 93.8 Å². The van der Waals surface area contributed by atoms with E-state index >= 15 is 0 Å². The van der Waals surface area contributed by atoms with E-state index in [4.69, 9.17) is 4.52 Å². The van der Waals surface area contributed by atoms with E-state index in [0.29, 0.717) is 12.3 Å². The van der Waals surface area contributed by atoms with Gasteiger partial charge in [0.2, 0.25) is 0 Å². The minimum atomic E-state index is -0.121. The van der Waals surface area contributed by atoms with Crippen LogP contribution in [0.2, 0.25) is 0 Å². The Balaban J connectivity index is 1.39. The van der Waals surface area contributed by atoms with Crippen molar-refractivity contribution in [1.82, 2.24) is 15.0 Å². The summed E-state index contributed by atoms with van der Waals surface area (Å²) in [4.78, 5) is 6.93. The molecular weight excluding hydrogens is 437 g/mol. The number of aryl methyl sites for hydroxylation is 1. The topological polar surface area (TPSA) is 44.8 Å². The Morgan fingerprint density at radius 2 is 1.49 bits per heavy atom. The first-order chi connectivity index (χ1) is 17.2. The van der Waals surface area contributed by atoms with E-state index < -0.39 is 0 Å². The second kappa shape index (κ2) is 15.5. The minimum absolute atomic E-state index is 0.121. The summed E-state index contributed by atoms with van der Waals surface area (Å²) in [6.07, 6.45) is 13.4. The van der Waals surface area contributed by atoms with Crippen LogP contribution in [0.3, 0.4) is 0 Å². The molecule has 0 aliphatic carbocycles. The van der Waals surface area contributed by atoms with Gasteiger partial charge >= 0.3 is 0 Å². The SMILES string of the molecule is CCCCCCCCCCCc1noc(-c2ccc(C[N+](CC)CCc3ccccc3F)cc2)n1. The Morgan fingerprint density at radius 3 is 2.17 bits per heavy atom. The Bertz CT molecular complexity index is 970. The molecule has 0 saturated heterocycles. The molecular formula is C30H42FN3O+. The van der Waals surface area contributed by atoms with E-state index in [1.165, 1.54) is 63.0 Å². The third-order valence-electron chi connectivity index (χ3n) is 6.68. The molecule has 0 amide bonds. The van der Waals surface area contributed by atoms with Gasteiger partial charge in [-0.2, -0.15) is 9.88 Å². The maximum atomic E-state index is 13.9. The van der Waals surface area contributed by atoms with Crippen molar-refractivity contribution in [3.63, 3.8) is 0 Å². The fourth-order valence-corrected chi connectivity index (χ4v) is 4.41. The van der Waals surface area contributed by atoms with Crippen molar-refractivity contribution in [3.05, 3.63) is 71.3 Å². The molecule has 0 N–H and O–H groups in total. The van der Waals surface area contributed by atoms with Gasteiger partial charge in [0.25, 0.3) is 5.89 Å². The quantitative estimate of drug-likeness (QED) is 0.146. The van der Waals surface area contributed by atoms with Gasteiger partial charge in [0.15, 0.2) is 5.82 Å². The summed E-state index contributed by atoms with van der Waals surface area (Å²) >= 11 is 0. The molecule has 0 bridgehead atoms. The van der Waals surface area contributed by atoms with Gasteiger partial charge < -0.3 is 4.52 Å². The summed E-state index contributed by atoms with van der Waals surface area (Å²) < 4.78 is 19.4. The van der Waals surface area contributed by atoms with E-state index in [1.807, 2.05) is 12.1 Å². The average molecular weight is 480 g/mol. The van der Waals surface area contributed by atoms with E-state index in [2.05, 4.69) is 53.2 Å². The summed E-state index contributed by atoms with van der Waals surface area (Å²) in [6, 6.07) is 15.4. The lowest BCUT2D eigenvalue weighted by molar-refractivity contribution is 0.419. The molecule has 4 nitrogen and oxygen atoms in total. The van der Waals surface area contributed by atoms with Crippen molar-refractivity contribution in [2.45, 2.75) is 91.0 Å². The van der Waals surface area contributed by atoms with E-state index in [9.17, 15) is 4.39 Å². The molecule has 0 fully saturated rings. The maximum Gasteiger partial charge on any atom is 0.257 e. The molecule has 0 aliphatic heterocycles. The number of hydrogen-bond acceptors (Lipinski definition) is 4. The van der Waals surface area contributed by atoms with Gasteiger partial charge in [-0.05, 0) is 37.1 Å². The lowest BCUT2D eigenvalue weighted by Crippen LogP contribution is -2.31.